The highest BCUT2D eigenvalue weighted by molar-refractivity contribution is 5.84. The molecule has 0 bridgehead atoms. The second-order valence-electron chi connectivity index (χ2n) is 6.22. The van der Waals surface area contributed by atoms with Gasteiger partial charge in [-0.1, -0.05) is 12.1 Å². The normalized spacial score (nSPS) is 16.1. The lowest BCUT2D eigenvalue weighted by Crippen LogP contribution is -1.96. The van der Waals surface area contributed by atoms with E-state index in [9.17, 15) is 4.79 Å². The number of hydrogen-bond acceptors (Lipinski definition) is 5. The van der Waals surface area contributed by atoms with E-state index < -0.39 is 5.76 Å². The van der Waals surface area contributed by atoms with Gasteiger partial charge in [-0.15, -0.1) is 5.10 Å². The van der Waals surface area contributed by atoms with Crippen molar-refractivity contribution in [3.63, 3.8) is 0 Å². The Hall–Kier alpha value is -3.02. The second-order valence-corrected chi connectivity index (χ2v) is 6.22. The number of fused-ring (bicyclic) bond motifs is 1. The molecule has 6 nitrogen and oxygen atoms in total. The summed E-state index contributed by atoms with van der Waals surface area (Å²) in [6.45, 7) is 0. The van der Waals surface area contributed by atoms with Gasteiger partial charge in [0.1, 0.15) is 0 Å². The minimum Gasteiger partial charge on any atom is -0.388 e. The zero-order valence-corrected chi connectivity index (χ0v) is 12.8. The van der Waals surface area contributed by atoms with Gasteiger partial charge in [0, 0.05) is 23.3 Å². The summed E-state index contributed by atoms with van der Waals surface area (Å²) in [5.74, 6) is 0.319. The monoisotopic (exact) mass is 318 g/mol. The lowest BCUT2D eigenvalue weighted by atomic mass is 10.0. The van der Waals surface area contributed by atoms with E-state index in [0.29, 0.717) is 11.8 Å². The van der Waals surface area contributed by atoms with E-state index in [-0.39, 0.29) is 0 Å². The van der Waals surface area contributed by atoms with Crippen LogP contribution >= 0.6 is 0 Å². The van der Waals surface area contributed by atoms with Gasteiger partial charge in [-0.3, -0.25) is 4.98 Å². The molecule has 1 fully saturated rings. The van der Waals surface area contributed by atoms with Crippen molar-refractivity contribution in [2.75, 3.05) is 0 Å². The third-order valence-electron chi connectivity index (χ3n) is 4.54. The van der Waals surface area contributed by atoms with Crippen LogP contribution in [0.4, 0.5) is 0 Å². The molecule has 0 aliphatic heterocycles. The first-order chi connectivity index (χ1) is 11.8. The highest BCUT2D eigenvalue weighted by atomic mass is 16.4. The molecule has 1 saturated carbocycles. The van der Waals surface area contributed by atoms with Crippen molar-refractivity contribution in [1.82, 2.24) is 20.2 Å². The molecule has 3 aromatic rings. The molecular weight excluding hydrogens is 304 g/mol. The van der Waals surface area contributed by atoms with E-state index in [1.807, 2.05) is 30.6 Å². The molecular formula is C18H14N4O2. The molecule has 1 aromatic carbocycles. The largest absolute Gasteiger partial charge is 0.434 e. The predicted octanol–water partition coefficient (Wildman–Crippen LogP) is 2.69. The Morgan fingerprint density at radius 3 is 2.92 bits per heavy atom. The summed E-state index contributed by atoms with van der Waals surface area (Å²) in [6, 6.07) is 5.96. The van der Waals surface area contributed by atoms with E-state index in [0.717, 1.165) is 34.5 Å². The number of H-pyrrole nitrogens is 1. The van der Waals surface area contributed by atoms with Crippen LogP contribution < -0.4 is 5.76 Å². The lowest BCUT2D eigenvalue weighted by molar-refractivity contribution is 0.527. The molecule has 0 atom stereocenters. The van der Waals surface area contributed by atoms with Gasteiger partial charge in [-0.2, -0.15) is 0 Å². The Labute approximate surface area is 137 Å². The molecule has 2 aliphatic rings. The molecule has 1 N–H and O–H groups in total. The molecule has 5 rings (SSSR count). The van der Waals surface area contributed by atoms with Gasteiger partial charge >= 0.3 is 5.76 Å². The maximum atomic E-state index is 11.2. The van der Waals surface area contributed by atoms with Crippen molar-refractivity contribution in [2.24, 2.45) is 0 Å². The van der Waals surface area contributed by atoms with E-state index >= 15 is 0 Å². The van der Waals surface area contributed by atoms with Crippen LogP contribution in [-0.4, -0.2) is 20.2 Å². The Bertz CT molecular complexity index is 1030. The second kappa shape index (κ2) is 4.99. The summed E-state index contributed by atoms with van der Waals surface area (Å²) in [5.41, 5.74) is 6.16. The van der Waals surface area contributed by atoms with E-state index in [4.69, 9.17) is 9.40 Å². The number of nitrogens with zero attached hydrogens (tertiary/aromatic N) is 3. The smallest absolute Gasteiger partial charge is 0.388 e. The molecule has 0 unspecified atom stereocenters. The Morgan fingerprint density at radius 2 is 2.12 bits per heavy atom. The first kappa shape index (κ1) is 13.4. The average Bonchev–Trinajstić information content (AvgIpc) is 3.24. The van der Waals surface area contributed by atoms with Crippen LogP contribution in [0.2, 0.25) is 0 Å². The van der Waals surface area contributed by atoms with Gasteiger partial charge in [0.25, 0.3) is 0 Å². The number of nitrogens with one attached hydrogen (secondary N) is 1. The molecule has 24 heavy (non-hydrogen) atoms. The quantitative estimate of drug-likeness (QED) is 0.802. The van der Waals surface area contributed by atoms with Crippen LogP contribution in [0.1, 0.15) is 41.3 Å². The Kier molecular flexibility index (Phi) is 2.79. The summed E-state index contributed by atoms with van der Waals surface area (Å²) in [5, 5.41) is 6.20. The molecule has 6 heteroatoms. The van der Waals surface area contributed by atoms with Crippen molar-refractivity contribution in [3.05, 3.63) is 69.7 Å². The summed E-state index contributed by atoms with van der Waals surface area (Å²) in [4.78, 5) is 20.3. The van der Waals surface area contributed by atoms with Crippen molar-refractivity contribution < 1.29 is 4.42 Å². The summed E-state index contributed by atoms with van der Waals surface area (Å²) in [6.07, 6.45) is 9.13. The van der Waals surface area contributed by atoms with Crippen LogP contribution in [0.5, 0.6) is 0 Å². The van der Waals surface area contributed by atoms with Crippen LogP contribution in [-0.2, 0) is 6.42 Å². The number of allylic oxidation sites excluding steroid dienone is 1. The molecule has 0 amide bonds. The molecule has 2 aromatic heterocycles. The fraction of sp³-hybridized carbons (Fsp3) is 0.222. The molecule has 0 radical (unpaired) electrons. The van der Waals surface area contributed by atoms with E-state index in [1.165, 1.54) is 18.4 Å². The van der Waals surface area contributed by atoms with Gasteiger partial charge in [-0.05, 0) is 42.5 Å². The number of benzene rings is 1. The summed E-state index contributed by atoms with van der Waals surface area (Å²) < 4.78 is 5.06. The Morgan fingerprint density at radius 1 is 1.21 bits per heavy atom. The van der Waals surface area contributed by atoms with Crippen molar-refractivity contribution >= 4 is 5.57 Å². The van der Waals surface area contributed by atoms with E-state index in [2.05, 4.69) is 21.3 Å². The zero-order chi connectivity index (χ0) is 16.1. The maximum absolute atomic E-state index is 11.2. The Balaban J connectivity index is 1.57. The summed E-state index contributed by atoms with van der Waals surface area (Å²) >= 11 is 0. The average molecular weight is 318 g/mol. The van der Waals surface area contributed by atoms with Gasteiger partial charge in [0.05, 0.1) is 17.6 Å². The highest BCUT2D eigenvalue weighted by Crippen LogP contribution is 2.40. The number of hydrogen-bond donors (Lipinski definition) is 1. The topological polar surface area (TPSA) is 84.7 Å². The highest BCUT2D eigenvalue weighted by Gasteiger charge is 2.26. The van der Waals surface area contributed by atoms with Crippen LogP contribution in [0.3, 0.4) is 0 Å². The summed E-state index contributed by atoms with van der Waals surface area (Å²) in [7, 11) is 0. The van der Waals surface area contributed by atoms with Gasteiger partial charge in [0.2, 0.25) is 5.89 Å². The molecule has 2 heterocycles. The first-order valence-electron chi connectivity index (χ1n) is 7.99. The van der Waals surface area contributed by atoms with E-state index in [1.54, 1.807) is 0 Å². The number of aromatic amines is 1. The van der Waals surface area contributed by atoms with Crippen LogP contribution in [0.15, 0.2) is 45.9 Å². The molecule has 0 saturated heterocycles. The van der Waals surface area contributed by atoms with Crippen molar-refractivity contribution in [3.8, 4) is 11.5 Å². The molecule has 0 spiro atoms. The molecule has 118 valence electrons. The number of aromatic nitrogens is 4. The van der Waals surface area contributed by atoms with Gasteiger partial charge < -0.3 is 4.42 Å². The fourth-order valence-corrected chi connectivity index (χ4v) is 3.14. The first-order valence-corrected chi connectivity index (χ1v) is 7.99. The van der Waals surface area contributed by atoms with Gasteiger partial charge in [0.15, 0.2) is 0 Å². The third-order valence-corrected chi connectivity index (χ3v) is 4.54. The maximum Gasteiger partial charge on any atom is 0.434 e. The lowest BCUT2D eigenvalue weighted by Gasteiger charge is -2.08. The zero-order valence-electron chi connectivity index (χ0n) is 12.8. The fourth-order valence-electron chi connectivity index (χ4n) is 3.14. The minimum absolute atomic E-state index is 0.298. The van der Waals surface area contributed by atoms with Crippen molar-refractivity contribution in [1.29, 1.82) is 0 Å². The third kappa shape index (κ3) is 2.19. The predicted molar refractivity (Wildman–Crippen MR) is 87.3 cm³/mol. The minimum atomic E-state index is -0.552. The van der Waals surface area contributed by atoms with Crippen molar-refractivity contribution in [2.45, 2.75) is 25.2 Å². The SMILES string of the molecule is O=c1[nH]nc(-c2ccc3c(c2)C(c2cncc(C4CC4)n2)=CC3)o1. The van der Waals surface area contributed by atoms with Crippen LogP contribution in [0, 0.1) is 0 Å². The van der Waals surface area contributed by atoms with Gasteiger partial charge in [-0.25, -0.2) is 14.9 Å². The molecule has 2 aliphatic carbocycles. The standard InChI is InChI=1S/C18H14N4O2/c23-18-22-21-17(24-18)12-4-1-10-5-6-13(14(10)7-12)16-9-19-8-15(20-16)11-2-3-11/h1,4,6-9,11H,2-3,5H2,(H,22,23). The van der Waals surface area contributed by atoms with Crippen LogP contribution in [0.25, 0.3) is 17.0 Å². The number of rotatable bonds is 3.